The number of pyridine rings is 2. The predicted octanol–water partition coefficient (Wildman–Crippen LogP) is 1.56. The van der Waals surface area contributed by atoms with Gasteiger partial charge in [0.15, 0.2) is 5.03 Å². The molecular formula is C8H5ClN2O2S. The van der Waals surface area contributed by atoms with Crippen LogP contribution < -0.4 is 0 Å². The van der Waals surface area contributed by atoms with Crippen LogP contribution in [0.5, 0.6) is 0 Å². The van der Waals surface area contributed by atoms with Gasteiger partial charge < -0.3 is 0 Å². The molecule has 0 atom stereocenters. The lowest BCUT2D eigenvalue weighted by Gasteiger charge is -1.99. The zero-order valence-corrected chi connectivity index (χ0v) is 8.46. The molecule has 0 fully saturated rings. The van der Waals surface area contributed by atoms with Gasteiger partial charge in [-0.1, -0.05) is 0 Å². The van der Waals surface area contributed by atoms with Gasteiger partial charge in [0.05, 0.1) is 5.52 Å². The standard InChI is InChI=1S/C8H5ClN2O2S/c9-14(12,13)8-6-2-1-4-10-7(6)3-5-11-8/h1-5H. The van der Waals surface area contributed by atoms with Crippen LogP contribution in [0.1, 0.15) is 0 Å². The molecule has 0 spiro atoms. The lowest BCUT2D eigenvalue weighted by Crippen LogP contribution is -1.96. The second-order valence-corrected chi connectivity index (χ2v) is 5.11. The summed E-state index contributed by atoms with van der Waals surface area (Å²) >= 11 is 0. The van der Waals surface area contributed by atoms with Gasteiger partial charge in [0.25, 0.3) is 9.05 Å². The summed E-state index contributed by atoms with van der Waals surface area (Å²) in [6.07, 6.45) is 2.94. The first-order valence-corrected chi connectivity index (χ1v) is 6.04. The van der Waals surface area contributed by atoms with Crippen molar-refractivity contribution >= 4 is 30.6 Å². The van der Waals surface area contributed by atoms with Crippen molar-refractivity contribution in [2.75, 3.05) is 0 Å². The van der Waals surface area contributed by atoms with E-state index in [0.29, 0.717) is 10.9 Å². The quantitative estimate of drug-likeness (QED) is 0.695. The molecule has 2 aromatic rings. The van der Waals surface area contributed by atoms with Crippen molar-refractivity contribution in [1.29, 1.82) is 0 Å². The van der Waals surface area contributed by atoms with Crippen molar-refractivity contribution in [3.05, 3.63) is 30.6 Å². The average molecular weight is 229 g/mol. The minimum absolute atomic E-state index is 0.148. The molecule has 14 heavy (non-hydrogen) atoms. The SMILES string of the molecule is O=S(=O)(Cl)c1nccc2ncccc12. The van der Waals surface area contributed by atoms with Crippen molar-refractivity contribution in [1.82, 2.24) is 9.97 Å². The van der Waals surface area contributed by atoms with Crippen LogP contribution in [-0.4, -0.2) is 18.4 Å². The second kappa shape index (κ2) is 3.18. The zero-order valence-electron chi connectivity index (χ0n) is 6.88. The van der Waals surface area contributed by atoms with Crippen LogP contribution in [0.2, 0.25) is 0 Å². The van der Waals surface area contributed by atoms with E-state index in [4.69, 9.17) is 10.7 Å². The molecule has 0 aliphatic rings. The van der Waals surface area contributed by atoms with Gasteiger partial charge in [0.1, 0.15) is 0 Å². The Morgan fingerprint density at radius 2 is 1.93 bits per heavy atom. The maximum absolute atomic E-state index is 11.1. The first-order chi connectivity index (χ1) is 6.59. The molecule has 0 saturated carbocycles. The fourth-order valence-electron chi connectivity index (χ4n) is 1.17. The van der Waals surface area contributed by atoms with E-state index in [0.717, 1.165) is 0 Å². The van der Waals surface area contributed by atoms with Gasteiger partial charge in [-0.25, -0.2) is 13.4 Å². The molecule has 72 valence electrons. The lowest BCUT2D eigenvalue weighted by molar-refractivity contribution is 0.607. The molecule has 6 heteroatoms. The molecule has 0 N–H and O–H groups in total. The predicted molar refractivity (Wildman–Crippen MR) is 52.6 cm³/mol. The number of aromatic nitrogens is 2. The second-order valence-electron chi connectivity index (χ2n) is 2.62. The molecule has 0 bridgehead atoms. The topological polar surface area (TPSA) is 59.9 Å². The van der Waals surface area contributed by atoms with E-state index in [1.807, 2.05) is 0 Å². The summed E-state index contributed by atoms with van der Waals surface area (Å²) < 4.78 is 22.2. The number of hydrogen-bond acceptors (Lipinski definition) is 4. The molecule has 0 amide bonds. The molecule has 0 saturated heterocycles. The van der Waals surface area contributed by atoms with Gasteiger partial charge in [0, 0.05) is 28.5 Å². The minimum atomic E-state index is -3.81. The monoisotopic (exact) mass is 228 g/mol. The van der Waals surface area contributed by atoms with Crippen LogP contribution in [0.15, 0.2) is 35.6 Å². The van der Waals surface area contributed by atoms with E-state index in [1.165, 1.54) is 6.20 Å². The number of halogens is 1. The first kappa shape index (κ1) is 9.36. The summed E-state index contributed by atoms with van der Waals surface area (Å²) in [4.78, 5) is 7.71. The molecule has 0 aliphatic heterocycles. The Hall–Kier alpha value is -1.20. The number of nitrogens with zero attached hydrogens (tertiary/aromatic N) is 2. The Balaban J connectivity index is 2.92. The van der Waals surface area contributed by atoms with Crippen molar-refractivity contribution < 1.29 is 8.42 Å². The number of hydrogen-bond donors (Lipinski definition) is 0. The highest BCUT2D eigenvalue weighted by molar-refractivity contribution is 8.13. The van der Waals surface area contributed by atoms with Crippen LogP contribution in [0, 0.1) is 0 Å². The van der Waals surface area contributed by atoms with Gasteiger partial charge in [-0.3, -0.25) is 4.98 Å². The van der Waals surface area contributed by atoms with Crippen molar-refractivity contribution in [2.45, 2.75) is 5.03 Å². The maximum Gasteiger partial charge on any atom is 0.279 e. The Bertz CT molecular complexity index is 577. The molecule has 0 unspecified atom stereocenters. The highest BCUT2D eigenvalue weighted by Gasteiger charge is 2.15. The summed E-state index contributed by atoms with van der Waals surface area (Å²) in [5.74, 6) is 0. The molecule has 2 rings (SSSR count). The highest BCUT2D eigenvalue weighted by Crippen LogP contribution is 2.21. The summed E-state index contributed by atoms with van der Waals surface area (Å²) in [5.41, 5.74) is 0.557. The Morgan fingerprint density at radius 1 is 1.14 bits per heavy atom. The minimum Gasteiger partial charge on any atom is -0.256 e. The fourth-order valence-corrected chi connectivity index (χ4v) is 2.16. The summed E-state index contributed by atoms with van der Waals surface area (Å²) in [6.45, 7) is 0. The Labute approximate surface area is 85.0 Å². The van der Waals surface area contributed by atoms with E-state index < -0.39 is 9.05 Å². The van der Waals surface area contributed by atoms with Gasteiger partial charge in [-0.2, -0.15) is 0 Å². The Morgan fingerprint density at radius 3 is 2.64 bits per heavy atom. The smallest absolute Gasteiger partial charge is 0.256 e. The van der Waals surface area contributed by atoms with Gasteiger partial charge in [-0.05, 0) is 18.2 Å². The van der Waals surface area contributed by atoms with Crippen molar-refractivity contribution in [2.24, 2.45) is 0 Å². The van der Waals surface area contributed by atoms with E-state index in [-0.39, 0.29) is 5.03 Å². The van der Waals surface area contributed by atoms with Gasteiger partial charge >= 0.3 is 0 Å². The summed E-state index contributed by atoms with van der Waals surface area (Å²) in [7, 11) is 1.41. The third-order valence-corrected chi connectivity index (χ3v) is 2.95. The van der Waals surface area contributed by atoms with Gasteiger partial charge in [-0.15, -0.1) is 0 Å². The van der Waals surface area contributed by atoms with E-state index in [9.17, 15) is 8.42 Å². The van der Waals surface area contributed by atoms with Crippen LogP contribution in [0.25, 0.3) is 10.9 Å². The third-order valence-electron chi connectivity index (χ3n) is 1.72. The molecule has 2 heterocycles. The average Bonchev–Trinajstić information content (AvgIpc) is 2.15. The molecule has 2 aromatic heterocycles. The molecule has 0 radical (unpaired) electrons. The van der Waals surface area contributed by atoms with Crippen LogP contribution >= 0.6 is 10.7 Å². The largest absolute Gasteiger partial charge is 0.279 e. The Kier molecular flexibility index (Phi) is 2.13. The van der Waals surface area contributed by atoms with E-state index in [1.54, 1.807) is 24.4 Å². The highest BCUT2D eigenvalue weighted by atomic mass is 35.7. The molecule has 0 aliphatic carbocycles. The van der Waals surface area contributed by atoms with Crippen molar-refractivity contribution in [3.63, 3.8) is 0 Å². The molecular weight excluding hydrogens is 224 g/mol. The van der Waals surface area contributed by atoms with Crippen LogP contribution in [0.4, 0.5) is 0 Å². The normalized spacial score (nSPS) is 11.8. The van der Waals surface area contributed by atoms with Crippen molar-refractivity contribution in [3.8, 4) is 0 Å². The molecule has 4 nitrogen and oxygen atoms in total. The van der Waals surface area contributed by atoms with E-state index >= 15 is 0 Å². The number of fused-ring (bicyclic) bond motifs is 1. The fraction of sp³-hybridized carbons (Fsp3) is 0. The van der Waals surface area contributed by atoms with Gasteiger partial charge in [0.2, 0.25) is 0 Å². The number of rotatable bonds is 1. The summed E-state index contributed by atoms with van der Waals surface area (Å²) in [6, 6.07) is 4.88. The van der Waals surface area contributed by atoms with Crippen LogP contribution in [-0.2, 0) is 9.05 Å². The van der Waals surface area contributed by atoms with E-state index in [2.05, 4.69) is 9.97 Å². The summed E-state index contributed by atoms with van der Waals surface area (Å²) in [5, 5.41) is 0.287. The lowest BCUT2D eigenvalue weighted by atomic mass is 10.3. The first-order valence-electron chi connectivity index (χ1n) is 3.73. The zero-order chi connectivity index (χ0) is 10.2. The maximum atomic E-state index is 11.1. The van der Waals surface area contributed by atoms with Crippen LogP contribution in [0.3, 0.4) is 0 Å². The third kappa shape index (κ3) is 1.56. The molecule has 0 aromatic carbocycles.